The molecule has 3 nitrogen and oxygen atoms in total. The molecule has 1 heterocycles. The Morgan fingerprint density at radius 1 is 1.09 bits per heavy atom. The van der Waals surface area contributed by atoms with Crippen LogP contribution in [0.1, 0.15) is 24.2 Å². The minimum Gasteiger partial charge on any atom is -0.478 e. The van der Waals surface area contributed by atoms with Crippen molar-refractivity contribution in [1.29, 1.82) is 0 Å². The van der Waals surface area contributed by atoms with Gasteiger partial charge in [0.25, 0.3) is 0 Å². The average molecular weight is 299 g/mol. The smallest absolute Gasteiger partial charge is 0.335 e. The van der Waals surface area contributed by atoms with Gasteiger partial charge in [-0.25, -0.2) is 9.18 Å². The van der Waals surface area contributed by atoms with Gasteiger partial charge in [0, 0.05) is 29.7 Å². The molecule has 4 heteroatoms. The number of carboxylic acids is 1. The monoisotopic (exact) mass is 299 g/mol. The van der Waals surface area contributed by atoms with Gasteiger partial charge in [0.2, 0.25) is 0 Å². The highest BCUT2D eigenvalue weighted by Crippen LogP contribution is 2.30. The van der Waals surface area contributed by atoms with Crippen LogP contribution in [0.4, 0.5) is 4.39 Å². The van der Waals surface area contributed by atoms with Gasteiger partial charge < -0.3 is 9.67 Å². The Hall–Kier alpha value is -2.62. The second kappa shape index (κ2) is 6.43. The SMILES string of the molecule is CC.Cn1cc(-c2ccc(F)cc2)c2ccc(C(=O)O)cc21. The maximum Gasteiger partial charge on any atom is 0.335 e. The Morgan fingerprint density at radius 3 is 2.32 bits per heavy atom. The van der Waals surface area contributed by atoms with Crippen molar-refractivity contribution in [2.24, 2.45) is 7.05 Å². The van der Waals surface area contributed by atoms with Crippen LogP contribution in [0.15, 0.2) is 48.7 Å². The molecule has 1 aromatic heterocycles. The van der Waals surface area contributed by atoms with Crippen molar-refractivity contribution in [3.05, 3.63) is 60.0 Å². The molecule has 0 atom stereocenters. The highest BCUT2D eigenvalue weighted by molar-refractivity contribution is 6.00. The van der Waals surface area contributed by atoms with Gasteiger partial charge in [-0.15, -0.1) is 0 Å². The normalized spacial score (nSPS) is 10.2. The largest absolute Gasteiger partial charge is 0.478 e. The summed E-state index contributed by atoms with van der Waals surface area (Å²) < 4.78 is 14.9. The van der Waals surface area contributed by atoms with Crippen LogP contribution >= 0.6 is 0 Å². The standard InChI is InChI=1S/C16H12FNO2.C2H6/c1-18-9-14(10-2-5-12(17)6-3-10)13-7-4-11(16(19)20)8-15(13)18;1-2/h2-9H,1H3,(H,19,20);1-2H3. The first-order valence-electron chi connectivity index (χ1n) is 7.14. The quantitative estimate of drug-likeness (QED) is 0.744. The second-order valence-corrected chi connectivity index (χ2v) is 4.70. The van der Waals surface area contributed by atoms with Crippen molar-refractivity contribution >= 4 is 16.9 Å². The van der Waals surface area contributed by atoms with Gasteiger partial charge in [0.05, 0.1) is 5.56 Å². The van der Waals surface area contributed by atoms with E-state index in [1.54, 1.807) is 30.3 Å². The average Bonchev–Trinajstić information content (AvgIpc) is 2.87. The van der Waals surface area contributed by atoms with Crippen molar-refractivity contribution in [3.63, 3.8) is 0 Å². The van der Waals surface area contributed by atoms with Gasteiger partial charge in [-0.05, 0) is 29.8 Å². The van der Waals surface area contributed by atoms with E-state index in [0.717, 1.165) is 22.0 Å². The van der Waals surface area contributed by atoms with Gasteiger partial charge in [0.1, 0.15) is 5.82 Å². The number of hydrogen-bond acceptors (Lipinski definition) is 1. The lowest BCUT2D eigenvalue weighted by Gasteiger charge is -2.00. The molecule has 1 N–H and O–H groups in total. The lowest BCUT2D eigenvalue weighted by molar-refractivity contribution is 0.0697. The number of benzene rings is 2. The van der Waals surface area contributed by atoms with Crippen molar-refractivity contribution in [3.8, 4) is 11.1 Å². The van der Waals surface area contributed by atoms with E-state index in [1.807, 2.05) is 31.7 Å². The predicted molar refractivity (Wildman–Crippen MR) is 86.6 cm³/mol. The molecule has 0 bridgehead atoms. The van der Waals surface area contributed by atoms with Crippen LogP contribution in [0.25, 0.3) is 22.0 Å². The van der Waals surface area contributed by atoms with Gasteiger partial charge in [0.15, 0.2) is 0 Å². The van der Waals surface area contributed by atoms with Gasteiger partial charge in [-0.2, -0.15) is 0 Å². The molecular weight excluding hydrogens is 281 g/mol. The maximum atomic E-state index is 13.0. The third-order valence-electron chi connectivity index (χ3n) is 3.39. The molecule has 0 radical (unpaired) electrons. The first-order chi connectivity index (χ1) is 10.6. The Balaban J connectivity index is 0.000000847. The van der Waals surface area contributed by atoms with E-state index in [9.17, 15) is 9.18 Å². The van der Waals surface area contributed by atoms with E-state index in [4.69, 9.17) is 5.11 Å². The van der Waals surface area contributed by atoms with Crippen LogP contribution in [0.2, 0.25) is 0 Å². The minimum absolute atomic E-state index is 0.254. The van der Waals surface area contributed by atoms with Gasteiger partial charge in [-0.1, -0.05) is 32.0 Å². The fourth-order valence-corrected chi connectivity index (χ4v) is 2.38. The summed E-state index contributed by atoms with van der Waals surface area (Å²) in [6, 6.07) is 11.3. The molecule has 3 rings (SSSR count). The van der Waals surface area contributed by atoms with E-state index in [2.05, 4.69) is 0 Å². The Labute approximate surface area is 128 Å². The summed E-state index contributed by atoms with van der Waals surface area (Å²) in [5.41, 5.74) is 2.95. The zero-order chi connectivity index (χ0) is 16.3. The Bertz CT molecular complexity index is 804. The molecule has 0 spiro atoms. The number of carbonyl (C=O) groups is 1. The van der Waals surface area contributed by atoms with Crippen LogP contribution in [0.3, 0.4) is 0 Å². The molecule has 0 aliphatic carbocycles. The summed E-state index contributed by atoms with van der Waals surface area (Å²) >= 11 is 0. The lowest BCUT2D eigenvalue weighted by atomic mass is 10.0. The van der Waals surface area contributed by atoms with Crippen LogP contribution in [0.5, 0.6) is 0 Å². The molecule has 3 aromatic rings. The van der Waals surface area contributed by atoms with Gasteiger partial charge in [-0.3, -0.25) is 0 Å². The first kappa shape index (κ1) is 15.8. The first-order valence-corrected chi connectivity index (χ1v) is 7.14. The topological polar surface area (TPSA) is 42.2 Å². The fraction of sp³-hybridized carbons (Fsp3) is 0.167. The van der Waals surface area contributed by atoms with Gasteiger partial charge >= 0.3 is 5.97 Å². The molecule has 22 heavy (non-hydrogen) atoms. The molecule has 0 aliphatic heterocycles. The molecule has 2 aromatic carbocycles. The number of aromatic carboxylic acids is 1. The van der Waals surface area contributed by atoms with Crippen molar-refractivity contribution in [2.45, 2.75) is 13.8 Å². The highest BCUT2D eigenvalue weighted by Gasteiger charge is 2.11. The maximum absolute atomic E-state index is 13.0. The molecule has 0 saturated carbocycles. The Morgan fingerprint density at radius 2 is 1.73 bits per heavy atom. The van der Waals surface area contributed by atoms with E-state index >= 15 is 0 Å². The summed E-state index contributed by atoms with van der Waals surface area (Å²) in [7, 11) is 1.86. The number of carboxylic acid groups (broad SMARTS) is 1. The second-order valence-electron chi connectivity index (χ2n) is 4.70. The molecule has 0 unspecified atom stereocenters. The van der Waals surface area contributed by atoms with E-state index < -0.39 is 5.97 Å². The lowest BCUT2D eigenvalue weighted by Crippen LogP contribution is -1.96. The zero-order valence-corrected chi connectivity index (χ0v) is 12.8. The minimum atomic E-state index is -0.948. The zero-order valence-electron chi connectivity index (χ0n) is 12.8. The summed E-state index contributed by atoms with van der Waals surface area (Å²) in [4.78, 5) is 11.0. The van der Waals surface area contributed by atoms with E-state index in [-0.39, 0.29) is 11.4 Å². The van der Waals surface area contributed by atoms with Crippen LogP contribution in [-0.4, -0.2) is 15.6 Å². The number of aryl methyl sites for hydroxylation is 1. The summed E-state index contributed by atoms with van der Waals surface area (Å²) in [6.45, 7) is 4.00. The molecule has 114 valence electrons. The van der Waals surface area contributed by atoms with E-state index in [0.29, 0.717) is 0 Å². The highest BCUT2D eigenvalue weighted by atomic mass is 19.1. The van der Waals surface area contributed by atoms with E-state index in [1.165, 1.54) is 12.1 Å². The number of aromatic nitrogens is 1. The number of rotatable bonds is 2. The van der Waals surface area contributed by atoms with Crippen LogP contribution in [-0.2, 0) is 7.05 Å². The molecule has 0 aliphatic rings. The number of hydrogen-bond donors (Lipinski definition) is 1. The number of halogens is 1. The van der Waals surface area contributed by atoms with Crippen molar-refractivity contribution < 1.29 is 14.3 Å². The predicted octanol–water partition coefficient (Wildman–Crippen LogP) is 4.71. The molecular formula is C18H18FNO2. The summed E-state index contributed by atoms with van der Waals surface area (Å²) in [5, 5.41) is 9.99. The Kier molecular flexibility index (Phi) is 4.61. The number of fused-ring (bicyclic) bond motifs is 1. The van der Waals surface area contributed by atoms with Crippen molar-refractivity contribution in [1.82, 2.24) is 4.57 Å². The van der Waals surface area contributed by atoms with Crippen molar-refractivity contribution in [2.75, 3.05) is 0 Å². The molecule has 0 fully saturated rings. The molecule has 0 saturated heterocycles. The summed E-state index contributed by atoms with van der Waals surface area (Å²) in [6.07, 6.45) is 1.92. The summed E-state index contributed by atoms with van der Waals surface area (Å²) in [5.74, 6) is -1.22. The third-order valence-corrected chi connectivity index (χ3v) is 3.39. The number of nitrogens with zero attached hydrogens (tertiary/aromatic N) is 1. The molecule has 0 amide bonds. The van der Waals surface area contributed by atoms with Crippen LogP contribution in [0, 0.1) is 5.82 Å². The van der Waals surface area contributed by atoms with Crippen LogP contribution < -0.4 is 0 Å². The fourth-order valence-electron chi connectivity index (χ4n) is 2.38. The third kappa shape index (κ3) is 2.86.